The zero-order chi connectivity index (χ0) is 12.9. The van der Waals surface area contributed by atoms with Gasteiger partial charge in [-0.1, -0.05) is 13.8 Å². The van der Waals surface area contributed by atoms with E-state index in [1.807, 2.05) is 19.4 Å². The number of hydrogen-bond acceptors (Lipinski definition) is 3. The molecule has 4 heteroatoms. The third-order valence-corrected chi connectivity index (χ3v) is 3.66. The number of nitrogens with one attached hydrogen (secondary N) is 1. The number of hydrogen-bond donors (Lipinski definition) is 1. The van der Waals surface area contributed by atoms with Gasteiger partial charge in [0.2, 0.25) is 0 Å². The summed E-state index contributed by atoms with van der Waals surface area (Å²) in [6, 6.07) is 0.281. The van der Waals surface area contributed by atoms with Crippen LogP contribution in [0.15, 0.2) is 12.4 Å². The van der Waals surface area contributed by atoms with E-state index >= 15 is 0 Å². The van der Waals surface area contributed by atoms with E-state index in [0.29, 0.717) is 0 Å². The van der Waals surface area contributed by atoms with Gasteiger partial charge in [-0.25, -0.2) is 4.98 Å². The van der Waals surface area contributed by atoms with Crippen LogP contribution in [0.5, 0.6) is 0 Å². The van der Waals surface area contributed by atoms with E-state index in [-0.39, 0.29) is 11.6 Å². The van der Waals surface area contributed by atoms with Crippen LogP contribution in [-0.2, 0) is 18.2 Å². The van der Waals surface area contributed by atoms with Crippen molar-refractivity contribution in [3.8, 4) is 0 Å². The number of aryl methyl sites for hydroxylation is 1. The lowest BCUT2D eigenvalue weighted by Gasteiger charge is -2.36. The van der Waals surface area contributed by atoms with E-state index in [2.05, 4.69) is 35.6 Å². The Kier molecular flexibility index (Phi) is 5.15. The number of rotatable bonds is 7. The molecule has 0 aliphatic carbocycles. The number of imidazole rings is 1. The van der Waals surface area contributed by atoms with Crippen molar-refractivity contribution in [2.24, 2.45) is 7.05 Å². The maximum Gasteiger partial charge on any atom is 0.110 e. The minimum absolute atomic E-state index is 0.151. The summed E-state index contributed by atoms with van der Waals surface area (Å²) in [6.07, 6.45) is 5.68. The summed E-state index contributed by atoms with van der Waals surface area (Å²) in [6.45, 7) is 7.38. The summed E-state index contributed by atoms with van der Waals surface area (Å²) in [5.74, 6) is 1.09. The van der Waals surface area contributed by atoms with Crippen LogP contribution in [0.3, 0.4) is 0 Å². The van der Waals surface area contributed by atoms with Gasteiger partial charge in [-0.15, -0.1) is 0 Å². The molecule has 1 rings (SSSR count). The molecular weight excluding hydrogens is 214 g/mol. The molecule has 1 aromatic rings. The Morgan fingerprint density at radius 1 is 1.53 bits per heavy atom. The Balaban J connectivity index is 2.82. The molecule has 1 N–H and O–H groups in total. The highest BCUT2D eigenvalue weighted by Gasteiger charge is 2.32. The molecule has 0 spiro atoms. The first-order chi connectivity index (χ1) is 8.07. The van der Waals surface area contributed by atoms with Crippen LogP contribution in [0, 0.1) is 0 Å². The minimum Gasteiger partial charge on any atom is -0.377 e. The summed E-state index contributed by atoms with van der Waals surface area (Å²) < 4.78 is 7.76. The Hall–Kier alpha value is -0.870. The van der Waals surface area contributed by atoms with E-state index in [1.165, 1.54) is 0 Å². The Morgan fingerprint density at radius 2 is 2.24 bits per heavy atom. The number of ether oxygens (including phenoxy) is 1. The van der Waals surface area contributed by atoms with E-state index in [0.717, 1.165) is 25.2 Å². The molecule has 0 aromatic carbocycles. The molecule has 0 aliphatic heterocycles. The van der Waals surface area contributed by atoms with E-state index in [9.17, 15) is 0 Å². The van der Waals surface area contributed by atoms with Crippen molar-refractivity contribution < 1.29 is 4.74 Å². The Morgan fingerprint density at radius 3 is 2.65 bits per heavy atom. The highest BCUT2D eigenvalue weighted by Crippen LogP contribution is 2.21. The number of methoxy groups -OCH3 is 1. The molecule has 98 valence electrons. The van der Waals surface area contributed by atoms with E-state index < -0.39 is 0 Å². The number of aromatic nitrogens is 2. The molecule has 0 aliphatic rings. The first-order valence-electron chi connectivity index (χ1n) is 6.32. The molecule has 0 bridgehead atoms. The summed E-state index contributed by atoms with van der Waals surface area (Å²) in [4.78, 5) is 4.39. The lowest BCUT2D eigenvalue weighted by atomic mass is 9.90. The Bertz CT molecular complexity index is 331. The fourth-order valence-electron chi connectivity index (χ4n) is 2.06. The van der Waals surface area contributed by atoms with Crippen LogP contribution in [0.2, 0.25) is 0 Å². The second-order valence-corrected chi connectivity index (χ2v) is 4.64. The van der Waals surface area contributed by atoms with E-state index in [4.69, 9.17) is 4.74 Å². The van der Waals surface area contributed by atoms with Crippen LogP contribution in [0.4, 0.5) is 0 Å². The zero-order valence-electron chi connectivity index (χ0n) is 11.7. The predicted molar refractivity (Wildman–Crippen MR) is 70.1 cm³/mol. The highest BCUT2D eigenvalue weighted by atomic mass is 16.5. The third-order valence-electron chi connectivity index (χ3n) is 3.66. The zero-order valence-corrected chi connectivity index (χ0v) is 11.7. The van der Waals surface area contributed by atoms with Crippen LogP contribution in [0.1, 0.15) is 33.0 Å². The SMILES string of the molecule is CCNC(Cc1nccn1C)C(C)(CC)OC. The molecule has 0 saturated heterocycles. The first kappa shape index (κ1) is 14.2. The predicted octanol–water partition coefficient (Wildman–Crippen LogP) is 1.76. The van der Waals surface area contributed by atoms with Crippen molar-refractivity contribution in [2.75, 3.05) is 13.7 Å². The molecule has 1 aromatic heterocycles. The maximum absolute atomic E-state index is 5.69. The molecule has 2 atom stereocenters. The summed E-state index contributed by atoms with van der Waals surface area (Å²) in [5, 5.41) is 3.51. The fraction of sp³-hybridized carbons (Fsp3) is 0.769. The molecule has 1 heterocycles. The van der Waals surface area contributed by atoms with Crippen LogP contribution < -0.4 is 5.32 Å². The molecule has 2 unspecified atom stereocenters. The number of nitrogens with zero attached hydrogens (tertiary/aromatic N) is 2. The van der Waals surface area contributed by atoms with Gasteiger partial charge in [0.1, 0.15) is 5.82 Å². The normalized spacial score (nSPS) is 16.8. The van der Waals surface area contributed by atoms with Crippen LogP contribution >= 0.6 is 0 Å². The number of likely N-dealkylation sites (N-methyl/N-ethyl adjacent to an activating group) is 1. The van der Waals surface area contributed by atoms with Gasteiger partial charge in [-0.3, -0.25) is 0 Å². The molecule has 4 nitrogen and oxygen atoms in total. The van der Waals surface area contributed by atoms with Gasteiger partial charge in [0.15, 0.2) is 0 Å². The van der Waals surface area contributed by atoms with Crippen molar-refractivity contribution in [3.63, 3.8) is 0 Å². The van der Waals surface area contributed by atoms with Crippen molar-refractivity contribution in [3.05, 3.63) is 18.2 Å². The van der Waals surface area contributed by atoms with Crippen LogP contribution in [-0.4, -0.2) is 34.8 Å². The summed E-state index contributed by atoms with van der Waals surface area (Å²) in [5.41, 5.74) is -0.151. The molecular formula is C13H25N3O. The van der Waals surface area contributed by atoms with Gasteiger partial charge in [-0.2, -0.15) is 0 Å². The summed E-state index contributed by atoms with van der Waals surface area (Å²) in [7, 11) is 3.81. The highest BCUT2D eigenvalue weighted by molar-refractivity contribution is 5.00. The topological polar surface area (TPSA) is 39.1 Å². The monoisotopic (exact) mass is 239 g/mol. The minimum atomic E-state index is -0.151. The molecule has 0 radical (unpaired) electrons. The average Bonchev–Trinajstić information content (AvgIpc) is 2.73. The molecule has 17 heavy (non-hydrogen) atoms. The van der Waals surface area contributed by atoms with Gasteiger partial charge in [0.05, 0.1) is 5.60 Å². The lowest BCUT2D eigenvalue weighted by molar-refractivity contribution is -0.0289. The first-order valence-corrected chi connectivity index (χ1v) is 6.32. The van der Waals surface area contributed by atoms with E-state index in [1.54, 1.807) is 7.11 Å². The van der Waals surface area contributed by atoms with Gasteiger partial charge >= 0.3 is 0 Å². The Labute approximate surface area is 104 Å². The van der Waals surface area contributed by atoms with Crippen molar-refractivity contribution in [1.29, 1.82) is 0 Å². The van der Waals surface area contributed by atoms with Crippen molar-refractivity contribution >= 4 is 0 Å². The standard InChI is InChI=1S/C13H25N3O/c1-6-13(3,17-5)11(14-7-2)10-12-15-8-9-16(12)4/h8-9,11,14H,6-7,10H2,1-5H3. The van der Waals surface area contributed by atoms with Gasteiger partial charge in [0, 0.05) is 39.0 Å². The fourth-order valence-corrected chi connectivity index (χ4v) is 2.06. The average molecular weight is 239 g/mol. The largest absolute Gasteiger partial charge is 0.377 e. The second-order valence-electron chi connectivity index (χ2n) is 4.64. The molecule has 0 saturated carbocycles. The smallest absolute Gasteiger partial charge is 0.110 e. The third kappa shape index (κ3) is 3.30. The lowest BCUT2D eigenvalue weighted by Crippen LogP contribution is -2.51. The maximum atomic E-state index is 5.69. The van der Waals surface area contributed by atoms with Crippen molar-refractivity contribution in [2.45, 2.75) is 45.3 Å². The quantitative estimate of drug-likeness (QED) is 0.788. The summed E-state index contributed by atoms with van der Waals surface area (Å²) >= 11 is 0. The molecule has 0 fully saturated rings. The second kappa shape index (κ2) is 6.17. The van der Waals surface area contributed by atoms with Gasteiger partial charge < -0.3 is 14.6 Å². The van der Waals surface area contributed by atoms with Crippen LogP contribution in [0.25, 0.3) is 0 Å². The van der Waals surface area contributed by atoms with Gasteiger partial charge in [-0.05, 0) is 19.9 Å². The van der Waals surface area contributed by atoms with Crippen molar-refractivity contribution in [1.82, 2.24) is 14.9 Å². The van der Waals surface area contributed by atoms with Gasteiger partial charge in [0.25, 0.3) is 0 Å². The molecule has 0 amide bonds.